The van der Waals surface area contributed by atoms with Crippen LogP contribution in [0.4, 0.5) is 0 Å². The average molecular weight is 355 g/mol. The van der Waals surface area contributed by atoms with E-state index in [-0.39, 0.29) is 16.6 Å². The molecule has 126 valence electrons. The molecule has 2 aromatic rings. The van der Waals surface area contributed by atoms with Crippen molar-refractivity contribution in [1.82, 2.24) is 9.29 Å². The molecule has 0 spiro atoms. The van der Waals surface area contributed by atoms with Crippen molar-refractivity contribution in [3.63, 3.8) is 0 Å². The molecule has 2 aromatic heterocycles. The van der Waals surface area contributed by atoms with Crippen LogP contribution in [-0.4, -0.2) is 18.9 Å². The average Bonchev–Trinajstić information content (AvgIpc) is 3.05. The maximum absolute atomic E-state index is 12.6. The highest BCUT2D eigenvalue weighted by molar-refractivity contribution is 7.89. The summed E-state index contributed by atoms with van der Waals surface area (Å²) in [5, 5.41) is 1.92. The zero-order valence-electron chi connectivity index (χ0n) is 13.3. The summed E-state index contributed by atoms with van der Waals surface area (Å²) in [5.41, 5.74) is 5.40. The second kappa shape index (κ2) is 6.86. The molecular weight excluding hydrogens is 334 g/mol. The van der Waals surface area contributed by atoms with Crippen LogP contribution >= 0.6 is 11.3 Å². The van der Waals surface area contributed by atoms with Crippen LogP contribution in [0.5, 0.6) is 0 Å². The van der Waals surface area contributed by atoms with Crippen LogP contribution < -0.4 is 10.5 Å². The van der Waals surface area contributed by atoms with Crippen molar-refractivity contribution < 1.29 is 13.2 Å². The Labute approximate surface area is 140 Å². The number of carbonyl (C=O) groups excluding carboxylic acids is 1. The highest BCUT2D eigenvalue weighted by atomic mass is 32.2. The van der Waals surface area contributed by atoms with Gasteiger partial charge in [-0.2, -0.15) is 0 Å². The number of carbonyl (C=O) groups is 1. The number of primary amides is 1. The number of hydrogen-bond donors (Lipinski definition) is 2. The first kappa shape index (κ1) is 17.7. The van der Waals surface area contributed by atoms with E-state index in [0.29, 0.717) is 12.3 Å². The standard InChI is InChI=1S/C15H21N3O3S2/c1-10(2)7-12(14-5-4-6-22-14)17-23(20,21)11-8-13(15(16)19)18(3)9-11/h4-6,8-10,12,17H,7H2,1-3H3,(H2,16,19)/t12-/m1/s1. The maximum atomic E-state index is 12.6. The van der Waals surface area contributed by atoms with Gasteiger partial charge in [-0.25, -0.2) is 13.1 Å². The van der Waals surface area contributed by atoms with E-state index in [9.17, 15) is 13.2 Å². The Kier molecular flexibility index (Phi) is 5.28. The molecule has 8 heteroatoms. The lowest BCUT2D eigenvalue weighted by Gasteiger charge is -2.19. The number of nitrogens with one attached hydrogen (secondary N) is 1. The fraction of sp³-hybridized carbons (Fsp3) is 0.400. The van der Waals surface area contributed by atoms with Gasteiger partial charge in [-0.3, -0.25) is 4.79 Å². The Balaban J connectivity index is 2.31. The summed E-state index contributed by atoms with van der Waals surface area (Å²) in [6.45, 7) is 4.09. The predicted octanol–water partition coefficient (Wildman–Crippen LogP) is 2.25. The van der Waals surface area contributed by atoms with Crippen LogP contribution in [0, 0.1) is 5.92 Å². The highest BCUT2D eigenvalue weighted by Crippen LogP contribution is 2.27. The molecule has 0 aliphatic carbocycles. The van der Waals surface area contributed by atoms with Crippen LogP contribution in [0.3, 0.4) is 0 Å². The lowest BCUT2D eigenvalue weighted by Crippen LogP contribution is -2.29. The number of thiophene rings is 1. The number of rotatable bonds is 7. The molecule has 23 heavy (non-hydrogen) atoms. The summed E-state index contributed by atoms with van der Waals surface area (Å²) in [4.78, 5) is 12.3. The van der Waals surface area contributed by atoms with Gasteiger partial charge in [0, 0.05) is 18.1 Å². The zero-order valence-corrected chi connectivity index (χ0v) is 14.9. The van der Waals surface area contributed by atoms with Gasteiger partial charge in [0.15, 0.2) is 0 Å². The van der Waals surface area contributed by atoms with E-state index in [1.807, 2.05) is 31.4 Å². The smallest absolute Gasteiger partial charge is 0.265 e. The Morgan fingerprint density at radius 1 is 1.43 bits per heavy atom. The molecule has 0 aliphatic heterocycles. The molecular formula is C15H21N3O3S2. The van der Waals surface area contributed by atoms with Crippen LogP contribution in [0.2, 0.25) is 0 Å². The molecule has 2 heterocycles. The van der Waals surface area contributed by atoms with Gasteiger partial charge in [0.05, 0.1) is 6.04 Å². The molecule has 1 amide bonds. The van der Waals surface area contributed by atoms with Crippen molar-refractivity contribution in [2.75, 3.05) is 0 Å². The van der Waals surface area contributed by atoms with Crippen molar-refractivity contribution in [2.24, 2.45) is 18.7 Å². The molecule has 0 aromatic carbocycles. The highest BCUT2D eigenvalue weighted by Gasteiger charge is 2.25. The number of aryl methyl sites for hydroxylation is 1. The van der Waals surface area contributed by atoms with Gasteiger partial charge in [0.2, 0.25) is 10.0 Å². The number of aromatic nitrogens is 1. The van der Waals surface area contributed by atoms with Gasteiger partial charge >= 0.3 is 0 Å². The Morgan fingerprint density at radius 2 is 2.13 bits per heavy atom. The van der Waals surface area contributed by atoms with Gasteiger partial charge in [-0.1, -0.05) is 19.9 Å². The van der Waals surface area contributed by atoms with Crippen molar-refractivity contribution in [3.05, 3.63) is 40.3 Å². The molecule has 3 N–H and O–H groups in total. The molecule has 0 saturated carbocycles. The van der Waals surface area contributed by atoms with Crippen LogP contribution in [-0.2, 0) is 17.1 Å². The summed E-state index contributed by atoms with van der Waals surface area (Å²) in [6.07, 6.45) is 2.08. The summed E-state index contributed by atoms with van der Waals surface area (Å²) in [6, 6.07) is 4.82. The Morgan fingerprint density at radius 3 is 2.61 bits per heavy atom. The molecule has 0 bridgehead atoms. The second-order valence-electron chi connectivity index (χ2n) is 5.86. The molecule has 0 aliphatic rings. The molecule has 0 radical (unpaired) electrons. The topological polar surface area (TPSA) is 94.2 Å². The number of amides is 1. The third kappa shape index (κ3) is 4.21. The number of hydrogen-bond acceptors (Lipinski definition) is 4. The van der Waals surface area contributed by atoms with Gasteiger partial charge in [0.25, 0.3) is 5.91 Å². The summed E-state index contributed by atoms with van der Waals surface area (Å²) < 4.78 is 29.4. The Hall–Kier alpha value is -1.64. The predicted molar refractivity (Wildman–Crippen MR) is 90.8 cm³/mol. The minimum Gasteiger partial charge on any atom is -0.364 e. The minimum absolute atomic E-state index is 0.0408. The Bertz CT molecular complexity index is 777. The number of nitrogens with two attached hydrogens (primary N) is 1. The van der Waals surface area contributed by atoms with E-state index in [1.165, 1.54) is 28.2 Å². The molecule has 0 unspecified atom stereocenters. The van der Waals surface area contributed by atoms with Gasteiger partial charge in [-0.15, -0.1) is 11.3 Å². The molecule has 1 atom stereocenters. The third-order valence-corrected chi connectivity index (χ3v) is 5.86. The summed E-state index contributed by atoms with van der Waals surface area (Å²) in [5.74, 6) is -0.326. The summed E-state index contributed by atoms with van der Waals surface area (Å²) in [7, 11) is -2.15. The summed E-state index contributed by atoms with van der Waals surface area (Å²) >= 11 is 1.52. The van der Waals surface area contributed by atoms with E-state index in [2.05, 4.69) is 4.72 Å². The van der Waals surface area contributed by atoms with E-state index in [1.54, 1.807) is 7.05 Å². The van der Waals surface area contributed by atoms with E-state index >= 15 is 0 Å². The van der Waals surface area contributed by atoms with Gasteiger partial charge in [-0.05, 0) is 29.9 Å². The number of nitrogens with zero attached hydrogens (tertiary/aromatic N) is 1. The third-order valence-electron chi connectivity index (χ3n) is 3.43. The van der Waals surface area contributed by atoms with Crippen LogP contribution in [0.1, 0.15) is 41.7 Å². The SMILES string of the molecule is CC(C)C[C@@H](NS(=O)(=O)c1cc(C(N)=O)n(C)c1)c1cccs1. The van der Waals surface area contributed by atoms with Crippen LogP contribution in [0.25, 0.3) is 0 Å². The lowest BCUT2D eigenvalue weighted by atomic mass is 10.0. The van der Waals surface area contributed by atoms with Gasteiger partial charge in [0.1, 0.15) is 10.6 Å². The molecule has 0 saturated heterocycles. The first-order valence-corrected chi connectivity index (χ1v) is 9.59. The van der Waals surface area contributed by atoms with E-state index in [0.717, 1.165) is 4.88 Å². The monoisotopic (exact) mass is 355 g/mol. The zero-order chi connectivity index (χ0) is 17.2. The first-order valence-electron chi connectivity index (χ1n) is 7.22. The van der Waals surface area contributed by atoms with Gasteiger partial charge < -0.3 is 10.3 Å². The normalized spacial score (nSPS) is 13.4. The lowest BCUT2D eigenvalue weighted by molar-refractivity contribution is 0.0992. The van der Waals surface area contributed by atoms with E-state index in [4.69, 9.17) is 5.73 Å². The number of sulfonamides is 1. The molecule has 2 rings (SSSR count). The molecule has 6 nitrogen and oxygen atoms in total. The van der Waals surface area contributed by atoms with Crippen molar-refractivity contribution >= 4 is 27.3 Å². The van der Waals surface area contributed by atoms with E-state index < -0.39 is 15.9 Å². The first-order chi connectivity index (χ1) is 10.7. The quantitative estimate of drug-likeness (QED) is 0.797. The van der Waals surface area contributed by atoms with Crippen molar-refractivity contribution in [1.29, 1.82) is 0 Å². The fourth-order valence-electron chi connectivity index (χ4n) is 2.36. The molecule has 0 fully saturated rings. The van der Waals surface area contributed by atoms with Crippen molar-refractivity contribution in [3.8, 4) is 0 Å². The fourth-order valence-corrected chi connectivity index (χ4v) is 4.53. The minimum atomic E-state index is -3.74. The maximum Gasteiger partial charge on any atom is 0.265 e. The second-order valence-corrected chi connectivity index (χ2v) is 8.55. The van der Waals surface area contributed by atoms with Crippen LogP contribution in [0.15, 0.2) is 34.7 Å². The van der Waals surface area contributed by atoms with Crippen molar-refractivity contribution in [2.45, 2.75) is 31.2 Å². The largest absolute Gasteiger partial charge is 0.364 e.